The lowest BCUT2D eigenvalue weighted by molar-refractivity contribution is 0.0979. The highest BCUT2D eigenvalue weighted by Crippen LogP contribution is 2.37. The number of nitrogens with zero attached hydrogens (tertiary/aromatic N) is 3. The summed E-state index contributed by atoms with van der Waals surface area (Å²) in [6, 6.07) is 0. The van der Waals surface area contributed by atoms with Crippen LogP contribution in [0.2, 0.25) is 0 Å². The van der Waals surface area contributed by atoms with Crippen molar-refractivity contribution in [2.24, 2.45) is 0 Å². The van der Waals surface area contributed by atoms with E-state index in [4.69, 9.17) is 4.74 Å². The van der Waals surface area contributed by atoms with Crippen molar-refractivity contribution in [2.75, 3.05) is 13.7 Å². The number of aromatic nitrogens is 4. The summed E-state index contributed by atoms with van der Waals surface area (Å²) < 4.78 is 5.29. The Morgan fingerprint density at radius 3 is 2.71 bits per heavy atom. The molecule has 1 N–H and O–H groups in total. The zero-order valence-corrected chi connectivity index (χ0v) is 8.49. The first-order valence-electron chi connectivity index (χ1n) is 5.10. The summed E-state index contributed by atoms with van der Waals surface area (Å²) in [6.07, 6.45) is 6.00. The highest BCUT2D eigenvalue weighted by Gasteiger charge is 2.37. The van der Waals surface area contributed by atoms with Crippen molar-refractivity contribution in [2.45, 2.75) is 37.5 Å². The molecule has 0 spiro atoms. The third kappa shape index (κ3) is 1.64. The lowest BCUT2D eigenvalue weighted by Crippen LogP contribution is -2.35. The van der Waals surface area contributed by atoms with Crippen molar-refractivity contribution in [1.82, 2.24) is 20.6 Å². The molecule has 0 bridgehead atoms. The van der Waals surface area contributed by atoms with Gasteiger partial charge in [-0.15, -0.1) is 10.2 Å². The van der Waals surface area contributed by atoms with E-state index in [2.05, 4.69) is 20.6 Å². The quantitative estimate of drug-likeness (QED) is 0.784. The van der Waals surface area contributed by atoms with Crippen LogP contribution < -0.4 is 0 Å². The summed E-state index contributed by atoms with van der Waals surface area (Å²) in [5, 5.41) is 14.4. The van der Waals surface area contributed by atoms with E-state index in [1.165, 1.54) is 19.3 Å². The number of H-pyrrole nitrogens is 1. The molecule has 1 heterocycles. The number of tetrazole rings is 1. The lowest BCUT2D eigenvalue weighted by atomic mass is 9.74. The van der Waals surface area contributed by atoms with Crippen LogP contribution in [0.5, 0.6) is 0 Å². The number of rotatable bonds is 3. The number of aromatic amines is 1. The molecule has 1 aromatic heterocycles. The number of nitrogens with one attached hydrogen (secondary N) is 1. The van der Waals surface area contributed by atoms with Gasteiger partial charge in [-0.3, -0.25) is 0 Å². The molecule has 1 aromatic rings. The second-order valence-corrected chi connectivity index (χ2v) is 4.01. The molecule has 1 saturated carbocycles. The molecule has 0 saturated heterocycles. The molecule has 5 nitrogen and oxygen atoms in total. The standard InChI is InChI=1S/C9H16N4O/c1-14-7-9(5-3-2-4-6-9)8-10-12-13-11-8/h2-7H2,1H3,(H,10,11,12,13). The maximum absolute atomic E-state index is 5.29. The van der Waals surface area contributed by atoms with Crippen molar-refractivity contribution in [3.8, 4) is 0 Å². The van der Waals surface area contributed by atoms with Gasteiger partial charge in [0.05, 0.1) is 12.0 Å². The predicted molar refractivity (Wildman–Crippen MR) is 50.8 cm³/mol. The monoisotopic (exact) mass is 196 g/mol. The molecule has 0 amide bonds. The number of ether oxygens (including phenoxy) is 1. The SMILES string of the molecule is COCC1(c2nn[nH]n2)CCCCC1. The Morgan fingerprint density at radius 1 is 1.36 bits per heavy atom. The Bertz CT molecular complexity index is 261. The first-order valence-corrected chi connectivity index (χ1v) is 5.10. The fourth-order valence-corrected chi connectivity index (χ4v) is 2.32. The lowest BCUT2D eigenvalue weighted by Gasteiger charge is -2.33. The molecular weight excluding hydrogens is 180 g/mol. The number of hydrogen-bond acceptors (Lipinski definition) is 4. The normalized spacial score (nSPS) is 20.9. The molecule has 78 valence electrons. The Labute approximate surface area is 83.2 Å². The minimum absolute atomic E-state index is 0.0139. The van der Waals surface area contributed by atoms with Crippen molar-refractivity contribution in [1.29, 1.82) is 0 Å². The van der Waals surface area contributed by atoms with Crippen LogP contribution in [0.1, 0.15) is 37.9 Å². The van der Waals surface area contributed by atoms with Crippen molar-refractivity contribution < 1.29 is 4.74 Å². The van der Waals surface area contributed by atoms with E-state index in [1.54, 1.807) is 7.11 Å². The summed E-state index contributed by atoms with van der Waals surface area (Å²) in [6.45, 7) is 0.701. The van der Waals surface area contributed by atoms with Gasteiger partial charge in [-0.05, 0) is 12.8 Å². The van der Waals surface area contributed by atoms with Gasteiger partial charge in [-0.25, -0.2) is 0 Å². The molecule has 14 heavy (non-hydrogen) atoms. The van der Waals surface area contributed by atoms with E-state index in [9.17, 15) is 0 Å². The Morgan fingerprint density at radius 2 is 2.14 bits per heavy atom. The number of methoxy groups -OCH3 is 1. The summed E-state index contributed by atoms with van der Waals surface area (Å²) in [4.78, 5) is 0. The summed E-state index contributed by atoms with van der Waals surface area (Å²) in [7, 11) is 1.73. The molecular formula is C9H16N4O. The third-order valence-electron chi connectivity index (χ3n) is 3.05. The zero-order chi connectivity index (χ0) is 9.86. The molecule has 0 aromatic carbocycles. The highest BCUT2D eigenvalue weighted by atomic mass is 16.5. The zero-order valence-electron chi connectivity index (χ0n) is 8.49. The van der Waals surface area contributed by atoms with Gasteiger partial charge in [0.1, 0.15) is 0 Å². The van der Waals surface area contributed by atoms with Crippen LogP contribution in [0.25, 0.3) is 0 Å². The molecule has 1 aliphatic carbocycles. The first kappa shape index (κ1) is 9.58. The van der Waals surface area contributed by atoms with Gasteiger partial charge in [0.15, 0.2) is 5.82 Å². The van der Waals surface area contributed by atoms with Gasteiger partial charge in [0.25, 0.3) is 0 Å². The van der Waals surface area contributed by atoms with Crippen LogP contribution in [0.3, 0.4) is 0 Å². The summed E-state index contributed by atoms with van der Waals surface area (Å²) in [5.74, 6) is 0.819. The van der Waals surface area contributed by atoms with Gasteiger partial charge in [-0.1, -0.05) is 24.5 Å². The van der Waals surface area contributed by atoms with E-state index in [0.717, 1.165) is 18.7 Å². The largest absolute Gasteiger partial charge is 0.384 e. The minimum atomic E-state index is 0.0139. The van der Waals surface area contributed by atoms with Crippen molar-refractivity contribution >= 4 is 0 Å². The van der Waals surface area contributed by atoms with Gasteiger partial charge in [0.2, 0.25) is 0 Å². The van der Waals surface area contributed by atoms with Gasteiger partial charge >= 0.3 is 0 Å². The van der Waals surface area contributed by atoms with Crippen LogP contribution >= 0.6 is 0 Å². The van der Waals surface area contributed by atoms with Crippen LogP contribution in [-0.4, -0.2) is 34.3 Å². The van der Waals surface area contributed by atoms with Crippen LogP contribution in [0, 0.1) is 0 Å². The molecule has 2 rings (SSSR count). The number of hydrogen-bond donors (Lipinski definition) is 1. The molecule has 1 aliphatic rings. The highest BCUT2D eigenvalue weighted by molar-refractivity contribution is 5.06. The van der Waals surface area contributed by atoms with Gasteiger partial charge in [-0.2, -0.15) is 5.21 Å². The third-order valence-corrected chi connectivity index (χ3v) is 3.05. The predicted octanol–water partition coefficient (Wildman–Crippen LogP) is 1.05. The fraction of sp³-hybridized carbons (Fsp3) is 0.889. The molecule has 0 aliphatic heterocycles. The summed E-state index contributed by atoms with van der Waals surface area (Å²) in [5.41, 5.74) is 0.0139. The van der Waals surface area contributed by atoms with E-state index >= 15 is 0 Å². The average molecular weight is 196 g/mol. The molecule has 1 fully saturated rings. The molecule has 0 unspecified atom stereocenters. The van der Waals surface area contributed by atoms with Crippen LogP contribution in [0.4, 0.5) is 0 Å². The smallest absolute Gasteiger partial charge is 0.182 e. The molecule has 0 radical (unpaired) electrons. The van der Waals surface area contributed by atoms with Gasteiger partial charge in [0, 0.05) is 7.11 Å². The first-order chi connectivity index (χ1) is 6.87. The second kappa shape index (κ2) is 4.04. The van der Waals surface area contributed by atoms with E-state index < -0.39 is 0 Å². The minimum Gasteiger partial charge on any atom is -0.384 e. The Balaban J connectivity index is 2.20. The Hall–Kier alpha value is -0.970. The van der Waals surface area contributed by atoms with E-state index in [0.29, 0.717) is 6.61 Å². The van der Waals surface area contributed by atoms with Gasteiger partial charge < -0.3 is 4.74 Å². The summed E-state index contributed by atoms with van der Waals surface area (Å²) >= 11 is 0. The average Bonchev–Trinajstić information content (AvgIpc) is 2.73. The molecule has 0 atom stereocenters. The molecule has 5 heteroatoms. The van der Waals surface area contributed by atoms with Crippen molar-refractivity contribution in [3.05, 3.63) is 5.82 Å². The fourth-order valence-electron chi connectivity index (χ4n) is 2.32. The topological polar surface area (TPSA) is 63.7 Å². The van der Waals surface area contributed by atoms with Crippen LogP contribution in [0.15, 0.2) is 0 Å². The van der Waals surface area contributed by atoms with Crippen molar-refractivity contribution in [3.63, 3.8) is 0 Å². The van der Waals surface area contributed by atoms with E-state index in [1.807, 2.05) is 0 Å². The Kier molecular flexibility index (Phi) is 2.77. The maximum atomic E-state index is 5.29. The second-order valence-electron chi connectivity index (χ2n) is 4.01. The van der Waals surface area contributed by atoms with Crippen LogP contribution in [-0.2, 0) is 10.2 Å². The maximum Gasteiger partial charge on any atom is 0.182 e. The van der Waals surface area contributed by atoms with E-state index in [-0.39, 0.29) is 5.41 Å².